The Morgan fingerprint density at radius 3 is 3.06 bits per heavy atom. The second kappa shape index (κ2) is 5.27. The third kappa shape index (κ3) is 2.73. The summed E-state index contributed by atoms with van der Waals surface area (Å²) in [4.78, 5) is 11.6. The quantitative estimate of drug-likeness (QED) is 0.921. The third-order valence-electron chi connectivity index (χ3n) is 2.57. The fourth-order valence-electron chi connectivity index (χ4n) is 1.66. The molecule has 5 nitrogen and oxygen atoms in total. The fraction of sp³-hybridized carbons (Fsp3) is 0.333. The number of halogens is 1. The molecule has 0 amide bonds. The maximum atomic E-state index is 11.6. The Bertz CT molecular complexity index is 578. The molecule has 1 unspecified atom stereocenters. The fourth-order valence-corrected chi connectivity index (χ4v) is 1.88. The zero-order valence-electron chi connectivity index (χ0n) is 10.2. The van der Waals surface area contributed by atoms with E-state index in [0.717, 1.165) is 5.76 Å². The molecule has 96 valence electrons. The summed E-state index contributed by atoms with van der Waals surface area (Å²) in [7, 11) is 1.56. The van der Waals surface area contributed by atoms with Crippen LogP contribution in [0.2, 0.25) is 5.02 Å². The molecule has 1 atom stereocenters. The molecule has 0 saturated carbocycles. The Balaban J connectivity index is 2.10. The number of furan rings is 1. The van der Waals surface area contributed by atoms with Gasteiger partial charge in [0.1, 0.15) is 10.8 Å². The minimum absolute atomic E-state index is 0.0857. The van der Waals surface area contributed by atoms with Crippen molar-refractivity contribution in [1.29, 1.82) is 0 Å². The highest BCUT2D eigenvalue weighted by Crippen LogP contribution is 2.17. The summed E-state index contributed by atoms with van der Waals surface area (Å²) in [6.07, 6.45) is 3.88. The van der Waals surface area contributed by atoms with Crippen molar-refractivity contribution in [2.75, 3.05) is 5.32 Å². The van der Waals surface area contributed by atoms with E-state index in [1.165, 1.54) is 4.68 Å². The highest BCUT2D eigenvalue weighted by molar-refractivity contribution is 6.32. The first-order valence-corrected chi connectivity index (χ1v) is 5.96. The van der Waals surface area contributed by atoms with E-state index in [9.17, 15) is 4.79 Å². The topological polar surface area (TPSA) is 60.1 Å². The predicted molar refractivity (Wildman–Crippen MR) is 70.0 cm³/mol. The van der Waals surface area contributed by atoms with Gasteiger partial charge in [-0.3, -0.25) is 4.79 Å². The van der Waals surface area contributed by atoms with Crippen LogP contribution in [0.5, 0.6) is 0 Å². The number of aryl methyl sites for hydroxylation is 1. The second-order valence-electron chi connectivity index (χ2n) is 4.13. The summed E-state index contributed by atoms with van der Waals surface area (Å²) in [6.45, 7) is 1.98. The lowest BCUT2D eigenvalue weighted by Crippen LogP contribution is -2.24. The van der Waals surface area contributed by atoms with Crippen LogP contribution in [0.3, 0.4) is 0 Å². The summed E-state index contributed by atoms with van der Waals surface area (Å²) in [5.74, 6) is 0.878. The van der Waals surface area contributed by atoms with Gasteiger partial charge in [-0.1, -0.05) is 11.6 Å². The van der Waals surface area contributed by atoms with Gasteiger partial charge in [-0.05, 0) is 19.1 Å². The average molecular weight is 268 g/mol. The molecule has 0 spiro atoms. The van der Waals surface area contributed by atoms with Crippen LogP contribution in [-0.4, -0.2) is 15.8 Å². The van der Waals surface area contributed by atoms with Crippen LogP contribution < -0.4 is 10.9 Å². The molecule has 2 aromatic rings. The molecule has 0 fully saturated rings. The van der Waals surface area contributed by atoms with Gasteiger partial charge in [0.2, 0.25) is 0 Å². The van der Waals surface area contributed by atoms with Crippen LogP contribution >= 0.6 is 11.6 Å². The number of hydrogen-bond donors (Lipinski definition) is 1. The maximum absolute atomic E-state index is 11.6. The SMILES string of the molecule is CC(Cc1ccco1)Nc1cnn(C)c(=O)c1Cl. The van der Waals surface area contributed by atoms with E-state index in [-0.39, 0.29) is 16.6 Å². The van der Waals surface area contributed by atoms with Crippen molar-refractivity contribution in [2.45, 2.75) is 19.4 Å². The van der Waals surface area contributed by atoms with E-state index >= 15 is 0 Å². The molecule has 2 aromatic heterocycles. The summed E-state index contributed by atoms with van der Waals surface area (Å²) >= 11 is 5.97. The number of anilines is 1. The Morgan fingerprint density at radius 2 is 2.39 bits per heavy atom. The van der Waals surface area contributed by atoms with Crippen LogP contribution in [0, 0.1) is 0 Å². The Hall–Kier alpha value is -1.75. The maximum Gasteiger partial charge on any atom is 0.287 e. The number of nitrogens with zero attached hydrogens (tertiary/aromatic N) is 2. The number of aromatic nitrogens is 2. The standard InChI is InChI=1S/C12H14ClN3O2/c1-8(6-9-4-3-5-18-9)15-10-7-14-16(2)12(17)11(10)13/h3-5,7-8,15H,6H2,1-2H3. The van der Waals surface area contributed by atoms with E-state index in [0.29, 0.717) is 12.1 Å². The summed E-state index contributed by atoms with van der Waals surface area (Å²) in [6, 6.07) is 3.83. The first-order valence-electron chi connectivity index (χ1n) is 5.58. The summed E-state index contributed by atoms with van der Waals surface area (Å²) in [5, 5.41) is 7.22. The molecule has 6 heteroatoms. The highest BCUT2D eigenvalue weighted by atomic mass is 35.5. The first-order chi connectivity index (χ1) is 8.58. The largest absolute Gasteiger partial charge is 0.469 e. The average Bonchev–Trinajstić information content (AvgIpc) is 2.83. The van der Waals surface area contributed by atoms with Crippen LogP contribution in [0.15, 0.2) is 33.8 Å². The summed E-state index contributed by atoms with van der Waals surface area (Å²) < 4.78 is 6.46. The minimum Gasteiger partial charge on any atom is -0.469 e. The van der Waals surface area contributed by atoms with Gasteiger partial charge in [-0.15, -0.1) is 0 Å². The lowest BCUT2D eigenvalue weighted by Gasteiger charge is -2.14. The second-order valence-corrected chi connectivity index (χ2v) is 4.51. The van der Waals surface area contributed by atoms with Crippen molar-refractivity contribution in [3.8, 4) is 0 Å². The van der Waals surface area contributed by atoms with Crippen molar-refractivity contribution in [2.24, 2.45) is 7.05 Å². The molecule has 0 aliphatic heterocycles. The smallest absolute Gasteiger partial charge is 0.287 e. The van der Waals surface area contributed by atoms with Gasteiger partial charge in [0.25, 0.3) is 5.56 Å². The van der Waals surface area contributed by atoms with E-state index in [1.807, 2.05) is 19.1 Å². The van der Waals surface area contributed by atoms with Gasteiger partial charge in [-0.25, -0.2) is 4.68 Å². The summed E-state index contributed by atoms with van der Waals surface area (Å²) in [5.41, 5.74) is 0.227. The molecule has 0 aliphatic rings. The molecular formula is C12H14ClN3O2. The highest BCUT2D eigenvalue weighted by Gasteiger charge is 2.11. The van der Waals surface area contributed by atoms with Crippen molar-refractivity contribution in [1.82, 2.24) is 9.78 Å². The van der Waals surface area contributed by atoms with Crippen LogP contribution in [0.4, 0.5) is 5.69 Å². The van der Waals surface area contributed by atoms with E-state index < -0.39 is 0 Å². The Morgan fingerprint density at radius 1 is 1.61 bits per heavy atom. The molecule has 1 N–H and O–H groups in total. The van der Waals surface area contributed by atoms with Crippen molar-refractivity contribution in [3.05, 3.63) is 45.7 Å². The van der Waals surface area contributed by atoms with Crippen LogP contribution in [0.1, 0.15) is 12.7 Å². The van der Waals surface area contributed by atoms with E-state index in [1.54, 1.807) is 19.5 Å². The molecule has 0 bridgehead atoms. The zero-order chi connectivity index (χ0) is 13.1. The molecule has 2 rings (SSSR count). The predicted octanol–water partition coefficient (Wildman–Crippen LogP) is 2.07. The molecular weight excluding hydrogens is 254 g/mol. The van der Waals surface area contributed by atoms with Gasteiger partial charge in [0, 0.05) is 19.5 Å². The molecule has 18 heavy (non-hydrogen) atoms. The van der Waals surface area contributed by atoms with Gasteiger partial charge in [0.05, 0.1) is 18.1 Å². The van der Waals surface area contributed by atoms with Crippen LogP contribution in [-0.2, 0) is 13.5 Å². The first kappa shape index (κ1) is 12.7. The lowest BCUT2D eigenvalue weighted by molar-refractivity contribution is 0.497. The van der Waals surface area contributed by atoms with Crippen molar-refractivity contribution < 1.29 is 4.42 Å². The number of nitrogens with one attached hydrogen (secondary N) is 1. The van der Waals surface area contributed by atoms with Gasteiger partial charge >= 0.3 is 0 Å². The molecule has 0 saturated heterocycles. The lowest BCUT2D eigenvalue weighted by atomic mass is 10.2. The van der Waals surface area contributed by atoms with Crippen molar-refractivity contribution in [3.63, 3.8) is 0 Å². The van der Waals surface area contributed by atoms with Crippen molar-refractivity contribution >= 4 is 17.3 Å². The zero-order valence-corrected chi connectivity index (χ0v) is 10.9. The van der Waals surface area contributed by atoms with E-state index in [4.69, 9.17) is 16.0 Å². The molecule has 0 radical (unpaired) electrons. The van der Waals surface area contributed by atoms with Gasteiger partial charge in [-0.2, -0.15) is 5.10 Å². The Kier molecular flexibility index (Phi) is 3.72. The van der Waals surface area contributed by atoms with Gasteiger partial charge < -0.3 is 9.73 Å². The molecule has 2 heterocycles. The Labute approximate surface area is 109 Å². The minimum atomic E-state index is -0.313. The molecule has 0 aliphatic carbocycles. The van der Waals surface area contributed by atoms with Crippen LogP contribution in [0.25, 0.3) is 0 Å². The van der Waals surface area contributed by atoms with Gasteiger partial charge in [0.15, 0.2) is 0 Å². The number of hydrogen-bond acceptors (Lipinski definition) is 4. The molecule has 0 aromatic carbocycles. The number of rotatable bonds is 4. The monoisotopic (exact) mass is 267 g/mol. The normalized spacial score (nSPS) is 12.4. The van der Waals surface area contributed by atoms with E-state index in [2.05, 4.69) is 10.4 Å². The third-order valence-corrected chi connectivity index (χ3v) is 2.93.